The van der Waals surface area contributed by atoms with Crippen molar-refractivity contribution in [2.75, 3.05) is 0 Å². The van der Waals surface area contributed by atoms with E-state index in [0.717, 1.165) is 19.3 Å². The van der Waals surface area contributed by atoms with Crippen LogP contribution in [-0.4, -0.2) is 15.8 Å². The van der Waals surface area contributed by atoms with Crippen molar-refractivity contribution in [1.82, 2.24) is 9.97 Å². The van der Waals surface area contributed by atoms with Crippen molar-refractivity contribution >= 4 is 5.78 Å². The van der Waals surface area contributed by atoms with Crippen LogP contribution in [0.2, 0.25) is 0 Å². The number of aryl methyl sites for hydroxylation is 1. The number of H-pyrrole nitrogens is 1. The van der Waals surface area contributed by atoms with Crippen molar-refractivity contribution in [3.8, 4) is 0 Å². The molecule has 3 rings (SSSR count). The van der Waals surface area contributed by atoms with Crippen LogP contribution in [0.25, 0.3) is 0 Å². The highest BCUT2D eigenvalue weighted by Gasteiger charge is 2.28. The molecule has 3 heteroatoms. The Hall–Kier alpha value is -1.90. The maximum atomic E-state index is 12.3. The van der Waals surface area contributed by atoms with Crippen molar-refractivity contribution in [3.63, 3.8) is 0 Å². The summed E-state index contributed by atoms with van der Waals surface area (Å²) >= 11 is 0. The van der Waals surface area contributed by atoms with Crippen LogP contribution in [0, 0.1) is 0 Å². The van der Waals surface area contributed by atoms with Crippen LogP contribution in [0.4, 0.5) is 0 Å². The van der Waals surface area contributed by atoms with E-state index in [9.17, 15) is 4.79 Å². The lowest BCUT2D eigenvalue weighted by atomic mass is 9.80. The van der Waals surface area contributed by atoms with Gasteiger partial charge in [0, 0.05) is 12.4 Å². The van der Waals surface area contributed by atoms with Crippen LogP contribution in [0.3, 0.4) is 0 Å². The van der Waals surface area contributed by atoms with Gasteiger partial charge in [-0.05, 0) is 30.4 Å². The largest absolute Gasteiger partial charge is 0.342 e. The quantitative estimate of drug-likeness (QED) is 0.800. The number of aromatic nitrogens is 2. The summed E-state index contributed by atoms with van der Waals surface area (Å²) in [5.74, 6) is 0.569. The van der Waals surface area contributed by atoms with Crippen molar-refractivity contribution in [1.29, 1.82) is 0 Å². The maximum absolute atomic E-state index is 12.3. The number of nitrogens with zero attached hydrogens (tertiary/aromatic N) is 1. The summed E-state index contributed by atoms with van der Waals surface area (Å²) in [6.45, 7) is 0. The van der Waals surface area contributed by atoms with Gasteiger partial charge in [-0.2, -0.15) is 0 Å². The molecule has 2 aromatic rings. The average Bonchev–Trinajstić information content (AvgIpc) is 2.91. The number of aromatic amines is 1. The fraction of sp³-hybridized carbons (Fsp3) is 0.286. The summed E-state index contributed by atoms with van der Waals surface area (Å²) in [7, 11) is 0. The Bertz CT molecular complexity index is 531. The van der Waals surface area contributed by atoms with E-state index < -0.39 is 0 Å². The van der Waals surface area contributed by atoms with Gasteiger partial charge in [0.15, 0.2) is 5.82 Å². The second kappa shape index (κ2) is 4.17. The van der Waals surface area contributed by atoms with E-state index in [0.29, 0.717) is 5.82 Å². The number of hydrogen-bond donors (Lipinski definition) is 1. The number of imidazole rings is 1. The van der Waals surface area contributed by atoms with Crippen molar-refractivity contribution in [2.24, 2.45) is 0 Å². The van der Waals surface area contributed by atoms with Gasteiger partial charge in [0.2, 0.25) is 5.78 Å². The molecule has 0 spiro atoms. The highest BCUT2D eigenvalue weighted by atomic mass is 16.1. The summed E-state index contributed by atoms with van der Waals surface area (Å²) in [6.07, 6.45) is 6.41. The summed E-state index contributed by atoms with van der Waals surface area (Å²) in [6, 6.07) is 8.24. The van der Waals surface area contributed by atoms with Crippen molar-refractivity contribution < 1.29 is 4.79 Å². The lowest BCUT2D eigenvalue weighted by Crippen LogP contribution is -2.19. The standard InChI is InChI=1S/C14H14N2O/c17-13(14-15-8-9-16-14)12-7-3-5-10-4-1-2-6-11(10)12/h1-2,4,6,8-9,12H,3,5,7H2,(H,15,16). The van der Waals surface area contributed by atoms with E-state index in [2.05, 4.69) is 22.1 Å². The summed E-state index contributed by atoms with van der Waals surface area (Å²) in [5.41, 5.74) is 2.49. The Morgan fingerprint density at radius 3 is 3.06 bits per heavy atom. The Morgan fingerprint density at radius 1 is 1.35 bits per heavy atom. The number of carbonyl (C=O) groups excluding carboxylic acids is 1. The maximum Gasteiger partial charge on any atom is 0.205 e. The second-order valence-electron chi connectivity index (χ2n) is 4.45. The fourth-order valence-electron chi connectivity index (χ4n) is 2.59. The Labute approximate surface area is 99.9 Å². The molecular weight excluding hydrogens is 212 g/mol. The molecule has 1 aliphatic carbocycles. The van der Waals surface area contributed by atoms with Gasteiger partial charge in [-0.3, -0.25) is 4.79 Å². The van der Waals surface area contributed by atoms with Gasteiger partial charge >= 0.3 is 0 Å². The Morgan fingerprint density at radius 2 is 2.24 bits per heavy atom. The molecule has 0 amide bonds. The molecule has 1 atom stereocenters. The number of nitrogens with one attached hydrogen (secondary N) is 1. The molecule has 1 aromatic carbocycles. The van der Waals surface area contributed by atoms with E-state index in [1.807, 2.05) is 12.1 Å². The SMILES string of the molecule is O=C(c1ncc[nH]1)C1CCCc2ccccc21. The van der Waals surface area contributed by atoms with Crippen LogP contribution in [0.5, 0.6) is 0 Å². The third-order valence-electron chi connectivity index (χ3n) is 3.42. The molecule has 0 saturated heterocycles. The molecule has 0 fully saturated rings. The zero-order valence-corrected chi connectivity index (χ0v) is 9.52. The average molecular weight is 226 g/mol. The van der Waals surface area contributed by atoms with Gasteiger partial charge in [0.05, 0.1) is 5.92 Å². The number of carbonyl (C=O) groups is 1. The zero-order chi connectivity index (χ0) is 11.7. The van der Waals surface area contributed by atoms with Crippen LogP contribution < -0.4 is 0 Å². The van der Waals surface area contributed by atoms with Crippen LogP contribution in [0.15, 0.2) is 36.7 Å². The number of benzene rings is 1. The number of rotatable bonds is 2. The monoisotopic (exact) mass is 226 g/mol. The van der Waals surface area contributed by atoms with E-state index in [4.69, 9.17) is 0 Å². The highest BCUT2D eigenvalue weighted by molar-refractivity contribution is 5.98. The van der Waals surface area contributed by atoms with E-state index in [1.54, 1.807) is 12.4 Å². The van der Waals surface area contributed by atoms with E-state index in [-0.39, 0.29) is 11.7 Å². The van der Waals surface area contributed by atoms with E-state index >= 15 is 0 Å². The molecule has 3 nitrogen and oxygen atoms in total. The minimum atomic E-state index is -0.0221. The zero-order valence-electron chi connectivity index (χ0n) is 9.52. The van der Waals surface area contributed by atoms with Gasteiger partial charge in [0.1, 0.15) is 0 Å². The van der Waals surface area contributed by atoms with Gasteiger partial charge in [0.25, 0.3) is 0 Å². The number of fused-ring (bicyclic) bond motifs is 1. The molecule has 0 saturated carbocycles. The summed E-state index contributed by atoms with van der Waals surface area (Å²) < 4.78 is 0. The van der Waals surface area contributed by atoms with Crippen molar-refractivity contribution in [3.05, 3.63) is 53.6 Å². The minimum absolute atomic E-state index is 0.0221. The lowest BCUT2D eigenvalue weighted by molar-refractivity contribution is 0.0941. The first-order valence-electron chi connectivity index (χ1n) is 5.97. The Kier molecular flexibility index (Phi) is 2.52. The Balaban J connectivity index is 1.98. The minimum Gasteiger partial charge on any atom is -0.342 e. The first-order valence-corrected chi connectivity index (χ1v) is 5.97. The normalized spacial score (nSPS) is 18.7. The molecule has 0 radical (unpaired) electrons. The summed E-state index contributed by atoms with van der Waals surface area (Å²) in [5, 5.41) is 0. The number of hydrogen-bond acceptors (Lipinski definition) is 2. The van der Waals surface area contributed by atoms with Gasteiger partial charge in [-0.15, -0.1) is 0 Å². The van der Waals surface area contributed by atoms with Crippen LogP contribution in [0.1, 0.15) is 40.5 Å². The molecule has 1 heterocycles. The smallest absolute Gasteiger partial charge is 0.205 e. The highest BCUT2D eigenvalue weighted by Crippen LogP contribution is 2.33. The first-order chi connectivity index (χ1) is 8.36. The molecule has 17 heavy (non-hydrogen) atoms. The second-order valence-corrected chi connectivity index (χ2v) is 4.45. The topological polar surface area (TPSA) is 45.8 Å². The predicted molar refractivity (Wildman–Crippen MR) is 65.0 cm³/mol. The molecule has 0 aliphatic heterocycles. The number of Topliss-reactive ketones (excluding diaryl/α,β-unsaturated/α-hetero) is 1. The van der Waals surface area contributed by atoms with Gasteiger partial charge < -0.3 is 4.98 Å². The summed E-state index contributed by atoms with van der Waals surface area (Å²) in [4.78, 5) is 19.3. The molecule has 0 bridgehead atoms. The number of ketones is 1. The third kappa shape index (κ3) is 1.78. The lowest BCUT2D eigenvalue weighted by Gasteiger charge is -2.23. The first kappa shape index (κ1) is 10.3. The molecule has 1 N–H and O–H groups in total. The van der Waals surface area contributed by atoms with Crippen LogP contribution in [-0.2, 0) is 6.42 Å². The fourth-order valence-corrected chi connectivity index (χ4v) is 2.59. The molecule has 86 valence electrons. The molecular formula is C14H14N2O. The molecule has 1 unspecified atom stereocenters. The van der Waals surface area contributed by atoms with Gasteiger partial charge in [-0.1, -0.05) is 24.3 Å². The predicted octanol–water partition coefficient (Wildman–Crippen LogP) is 2.71. The molecule has 1 aromatic heterocycles. The molecule has 1 aliphatic rings. The van der Waals surface area contributed by atoms with Crippen molar-refractivity contribution in [2.45, 2.75) is 25.2 Å². The van der Waals surface area contributed by atoms with Crippen LogP contribution >= 0.6 is 0 Å². The van der Waals surface area contributed by atoms with Gasteiger partial charge in [-0.25, -0.2) is 4.98 Å². The third-order valence-corrected chi connectivity index (χ3v) is 3.42. The van der Waals surface area contributed by atoms with E-state index in [1.165, 1.54) is 11.1 Å².